The summed E-state index contributed by atoms with van der Waals surface area (Å²) in [4.78, 5) is 12.0. The standard InChI is InChI=1S/C17H26N2O3S/c1-6-19(7-2)23(21,22)16-10-8-15(9-11-16)14(5)18-17(20)12-13(3)4/h8-12,14H,6-7H2,1-5H3,(H,18,20)/t14-/m0/s1. The number of hydrogen-bond donors (Lipinski definition) is 1. The Kier molecular flexibility index (Phi) is 6.97. The van der Waals surface area contributed by atoms with E-state index in [1.807, 2.05) is 34.6 Å². The molecule has 1 N–H and O–H groups in total. The van der Waals surface area contributed by atoms with Gasteiger partial charge in [-0.15, -0.1) is 0 Å². The summed E-state index contributed by atoms with van der Waals surface area (Å²) in [5.41, 5.74) is 1.79. The van der Waals surface area contributed by atoms with Crippen molar-refractivity contribution >= 4 is 15.9 Å². The molecule has 23 heavy (non-hydrogen) atoms. The van der Waals surface area contributed by atoms with Gasteiger partial charge in [-0.3, -0.25) is 4.79 Å². The van der Waals surface area contributed by atoms with E-state index in [9.17, 15) is 13.2 Å². The van der Waals surface area contributed by atoms with E-state index in [2.05, 4.69) is 5.32 Å². The van der Waals surface area contributed by atoms with Crippen LogP contribution >= 0.6 is 0 Å². The molecule has 1 rings (SSSR count). The molecule has 1 aromatic rings. The number of allylic oxidation sites excluding steroid dienone is 1. The van der Waals surface area contributed by atoms with Crippen molar-refractivity contribution in [2.24, 2.45) is 0 Å². The number of rotatable bonds is 7. The maximum absolute atomic E-state index is 12.4. The molecule has 0 aliphatic heterocycles. The molecule has 0 saturated carbocycles. The van der Waals surface area contributed by atoms with Gasteiger partial charge >= 0.3 is 0 Å². The Morgan fingerprint density at radius 1 is 1.17 bits per heavy atom. The quantitative estimate of drug-likeness (QED) is 0.777. The third-order valence-electron chi connectivity index (χ3n) is 3.50. The highest BCUT2D eigenvalue weighted by molar-refractivity contribution is 7.89. The van der Waals surface area contributed by atoms with E-state index in [1.54, 1.807) is 24.3 Å². The lowest BCUT2D eigenvalue weighted by atomic mass is 10.1. The van der Waals surface area contributed by atoms with Gasteiger partial charge in [-0.2, -0.15) is 4.31 Å². The average molecular weight is 338 g/mol. The molecule has 128 valence electrons. The van der Waals surface area contributed by atoms with Crippen LogP contribution in [-0.2, 0) is 14.8 Å². The number of amides is 1. The Labute approximate surface area is 139 Å². The van der Waals surface area contributed by atoms with E-state index in [4.69, 9.17) is 0 Å². The van der Waals surface area contributed by atoms with E-state index >= 15 is 0 Å². The van der Waals surface area contributed by atoms with Gasteiger partial charge in [0.1, 0.15) is 0 Å². The average Bonchev–Trinajstić information content (AvgIpc) is 2.47. The van der Waals surface area contributed by atoms with Gasteiger partial charge in [0.05, 0.1) is 10.9 Å². The molecule has 0 heterocycles. The number of sulfonamides is 1. The highest BCUT2D eigenvalue weighted by Crippen LogP contribution is 2.19. The van der Waals surface area contributed by atoms with Crippen LogP contribution in [0.15, 0.2) is 40.8 Å². The van der Waals surface area contributed by atoms with Crippen molar-refractivity contribution in [1.29, 1.82) is 0 Å². The Morgan fingerprint density at radius 3 is 2.13 bits per heavy atom. The second-order valence-electron chi connectivity index (χ2n) is 5.61. The van der Waals surface area contributed by atoms with Gasteiger partial charge in [-0.05, 0) is 38.5 Å². The molecule has 0 aliphatic rings. The van der Waals surface area contributed by atoms with Gasteiger partial charge in [-0.25, -0.2) is 8.42 Å². The summed E-state index contributed by atoms with van der Waals surface area (Å²) >= 11 is 0. The van der Waals surface area contributed by atoms with Crippen LogP contribution in [-0.4, -0.2) is 31.7 Å². The second kappa shape index (κ2) is 8.26. The minimum absolute atomic E-state index is 0.155. The van der Waals surface area contributed by atoms with Gasteiger partial charge in [-0.1, -0.05) is 31.6 Å². The molecule has 0 unspecified atom stereocenters. The summed E-state index contributed by atoms with van der Waals surface area (Å²) in [6, 6.07) is 6.47. The smallest absolute Gasteiger partial charge is 0.244 e. The lowest BCUT2D eigenvalue weighted by Gasteiger charge is -2.19. The molecule has 6 heteroatoms. The zero-order valence-corrected chi connectivity index (χ0v) is 15.3. The first-order valence-corrected chi connectivity index (χ1v) is 9.21. The predicted molar refractivity (Wildman–Crippen MR) is 92.5 cm³/mol. The lowest BCUT2D eigenvalue weighted by Crippen LogP contribution is -2.30. The van der Waals surface area contributed by atoms with Gasteiger partial charge in [0.2, 0.25) is 15.9 Å². The molecule has 0 bridgehead atoms. The van der Waals surface area contributed by atoms with Gasteiger partial charge in [0, 0.05) is 19.2 Å². The molecule has 0 fully saturated rings. The van der Waals surface area contributed by atoms with Crippen LogP contribution in [0.4, 0.5) is 0 Å². The van der Waals surface area contributed by atoms with Crippen LogP contribution in [0.3, 0.4) is 0 Å². The Balaban J connectivity index is 2.92. The van der Waals surface area contributed by atoms with Gasteiger partial charge < -0.3 is 5.32 Å². The number of benzene rings is 1. The van der Waals surface area contributed by atoms with E-state index in [-0.39, 0.29) is 16.8 Å². The fourth-order valence-electron chi connectivity index (χ4n) is 2.24. The minimum Gasteiger partial charge on any atom is -0.346 e. The normalized spacial score (nSPS) is 12.8. The monoisotopic (exact) mass is 338 g/mol. The maximum atomic E-state index is 12.4. The first-order chi connectivity index (χ1) is 10.7. The Hall–Kier alpha value is -1.66. The molecule has 5 nitrogen and oxygen atoms in total. The second-order valence-corrected chi connectivity index (χ2v) is 7.55. The van der Waals surface area contributed by atoms with Crippen LogP contribution in [0.1, 0.15) is 46.2 Å². The molecule has 1 atom stereocenters. The lowest BCUT2D eigenvalue weighted by molar-refractivity contribution is -0.117. The summed E-state index contributed by atoms with van der Waals surface area (Å²) in [6.07, 6.45) is 1.54. The van der Waals surface area contributed by atoms with E-state index in [0.29, 0.717) is 13.1 Å². The van der Waals surface area contributed by atoms with Crippen molar-refractivity contribution in [3.05, 3.63) is 41.5 Å². The first-order valence-electron chi connectivity index (χ1n) is 7.77. The fraction of sp³-hybridized carbons (Fsp3) is 0.471. The number of hydrogen-bond acceptors (Lipinski definition) is 3. The Morgan fingerprint density at radius 2 is 1.70 bits per heavy atom. The van der Waals surface area contributed by atoms with E-state index in [1.165, 1.54) is 10.4 Å². The van der Waals surface area contributed by atoms with Crippen molar-refractivity contribution in [1.82, 2.24) is 9.62 Å². The van der Waals surface area contributed by atoms with Gasteiger partial charge in [0.15, 0.2) is 0 Å². The highest BCUT2D eigenvalue weighted by Gasteiger charge is 2.21. The number of carbonyl (C=O) groups excluding carboxylic acids is 1. The molecular weight excluding hydrogens is 312 g/mol. The molecule has 0 aromatic heterocycles. The largest absolute Gasteiger partial charge is 0.346 e. The molecular formula is C17H26N2O3S. The number of carbonyl (C=O) groups is 1. The predicted octanol–water partition coefficient (Wildman–Crippen LogP) is 2.86. The summed E-state index contributed by atoms with van der Waals surface area (Å²) in [5, 5.41) is 2.86. The highest BCUT2D eigenvalue weighted by atomic mass is 32.2. The van der Waals surface area contributed by atoms with Crippen molar-refractivity contribution in [2.75, 3.05) is 13.1 Å². The molecule has 0 saturated heterocycles. The Bertz CT molecular complexity index is 656. The summed E-state index contributed by atoms with van der Waals surface area (Å²) in [5.74, 6) is -0.155. The fourth-order valence-corrected chi connectivity index (χ4v) is 3.70. The molecule has 1 aromatic carbocycles. The van der Waals surface area contributed by atoms with Crippen molar-refractivity contribution in [2.45, 2.75) is 45.6 Å². The van der Waals surface area contributed by atoms with Crippen LogP contribution < -0.4 is 5.32 Å². The minimum atomic E-state index is -3.45. The maximum Gasteiger partial charge on any atom is 0.244 e. The van der Waals surface area contributed by atoms with Crippen LogP contribution in [0.25, 0.3) is 0 Å². The topological polar surface area (TPSA) is 66.5 Å². The summed E-state index contributed by atoms with van der Waals surface area (Å²) < 4.78 is 26.3. The molecule has 0 radical (unpaired) electrons. The molecule has 0 spiro atoms. The van der Waals surface area contributed by atoms with Crippen LogP contribution in [0.5, 0.6) is 0 Å². The van der Waals surface area contributed by atoms with Crippen molar-refractivity contribution < 1.29 is 13.2 Å². The summed E-state index contributed by atoms with van der Waals surface area (Å²) in [7, 11) is -3.45. The number of nitrogens with one attached hydrogen (secondary N) is 1. The molecule has 1 amide bonds. The van der Waals surface area contributed by atoms with Crippen molar-refractivity contribution in [3.63, 3.8) is 0 Å². The third-order valence-corrected chi connectivity index (χ3v) is 5.57. The van der Waals surface area contributed by atoms with Crippen LogP contribution in [0, 0.1) is 0 Å². The summed E-state index contributed by atoms with van der Waals surface area (Å²) in [6.45, 7) is 10.1. The van der Waals surface area contributed by atoms with Crippen molar-refractivity contribution in [3.8, 4) is 0 Å². The van der Waals surface area contributed by atoms with E-state index < -0.39 is 10.0 Å². The third kappa shape index (κ3) is 5.18. The SMILES string of the molecule is CCN(CC)S(=O)(=O)c1ccc([C@H](C)NC(=O)C=C(C)C)cc1. The van der Waals surface area contributed by atoms with Crippen LogP contribution in [0.2, 0.25) is 0 Å². The first kappa shape index (κ1) is 19.4. The van der Waals surface area contributed by atoms with E-state index in [0.717, 1.165) is 11.1 Å². The molecule has 0 aliphatic carbocycles. The number of nitrogens with zero attached hydrogens (tertiary/aromatic N) is 1. The zero-order valence-electron chi connectivity index (χ0n) is 14.5. The van der Waals surface area contributed by atoms with Gasteiger partial charge in [0.25, 0.3) is 0 Å². The zero-order chi connectivity index (χ0) is 17.6.